The number of hydrogen-bond acceptors (Lipinski definition) is 4. The Hall–Kier alpha value is -2.12. The molecule has 118 valence electrons. The van der Waals surface area contributed by atoms with Crippen molar-refractivity contribution >= 4 is 21.6 Å². The third-order valence-corrected chi connectivity index (χ3v) is 4.10. The van der Waals surface area contributed by atoms with Crippen LogP contribution in [0.1, 0.15) is 35.5 Å². The van der Waals surface area contributed by atoms with Crippen molar-refractivity contribution in [1.82, 2.24) is 0 Å². The summed E-state index contributed by atoms with van der Waals surface area (Å²) in [4.78, 5) is 12.3. The Morgan fingerprint density at radius 1 is 1.14 bits per heavy atom. The van der Waals surface area contributed by atoms with E-state index in [1.165, 1.54) is 6.07 Å². The molecule has 1 aromatic carbocycles. The van der Waals surface area contributed by atoms with Crippen LogP contribution in [0.15, 0.2) is 39.8 Å². The zero-order valence-electron chi connectivity index (χ0n) is 12.4. The number of nitrogens with one attached hydrogen (secondary N) is 1. The molecular formula is C15H18N2O4S. The summed E-state index contributed by atoms with van der Waals surface area (Å²) in [5.74, 6) is -0.609. The molecule has 0 fully saturated rings. The highest BCUT2D eigenvalue weighted by atomic mass is 32.2. The molecule has 1 amide bonds. The van der Waals surface area contributed by atoms with Gasteiger partial charge in [0.25, 0.3) is 15.9 Å². The predicted molar refractivity (Wildman–Crippen MR) is 83.2 cm³/mol. The number of aryl methyl sites for hydroxylation is 2. The molecule has 0 aliphatic heterocycles. The Morgan fingerprint density at radius 3 is 2.18 bits per heavy atom. The van der Waals surface area contributed by atoms with Gasteiger partial charge in [0.2, 0.25) is 5.09 Å². The first-order valence-electron chi connectivity index (χ1n) is 6.91. The maximum Gasteiger partial charge on any atom is 0.291 e. The molecule has 1 aromatic heterocycles. The molecule has 0 spiro atoms. The molecule has 0 aliphatic rings. The van der Waals surface area contributed by atoms with Crippen molar-refractivity contribution in [2.75, 3.05) is 5.32 Å². The quantitative estimate of drug-likeness (QED) is 0.881. The topological polar surface area (TPSA) is 102 Å². The van der Waals surface area contributed by atoms with Gasteiger partial charge in [0, 0.05) is 5.69 Å². The Morgan fingerprint density at radius 2 is 1.73 bits per heavy atom. The minimum atomic E-state index is -3.96. The Bertz CT molecular complexity index is 771. The van der Waals surface area contributed by atoms with Crippen LogP contribution in [0, 0.1) is 0 Å². The molecule has 2 aromatic rings. The fraction of sp³-hybridized carbons (Fsp3) is 0.267. The van der Waals surface area contributed by atoms with E-state index in [9.17, 15) is 13.2 Å². The van der Waals surface area contributed by atoms with Crippen molar-refractivity contribution in [3.05, 3.63) is 47.2 Å². The number of hydrogen-bond donors (Lipinski definition) is 2. The van der Waals surface area contributed by atoms with Gasteiger partial charge in [0.05, 0.1) is 0 Å². The first-order valence-corrected chi connectivity index (χ1v) is 8.46. The van der Waals surface area contributed by atoms with Crippen molar-refractivity contribution in [2.45, 2.75) is 31.8 Å². The summed E-state index contributed by atoms with van der Waals surface area (Å²) in [6.07, 6.45) is 1.54. The largest absolute Gasteiger partial charge is 0.438 e. The fourth-order valence-corrected chi connectivity index (χ4v) is 2.64. The lowest BCUT2D eigenvalue weighted by Crippen LogP contribution is -2.15. The maximum atomic E-state index is 12.3. The van der Waals surface area contributed by atoms with E-state index in [0.29, 0.717) is 0 Å². The molecular weight excluding hydrogens is 304 g/mol. The number of para-hydroxylation sites is 1. The molecule has 0 radical (unpaired) electrons. The van der Waals surface area contributed by atoms with Gasteiger partial charge in [-0.15, -0.1) is 0 Å². The number of furan rings is 1. The van der Waals surface area contributed by atoms with Gasteiger partial charge in [-0.1, -0.05) is 32.0 Å². The number of sulfonamides is 1. The highest BCUT2D eigenvalue weighted by Crippen LogP contribution is 2.24. The van der Waals surface area contributed by atoms with Crippen LogP contribution in [-0.2, 0) is 22.9 Å². The lowest BCUT2D eigenvalue weighted by molar-refractivity contribution is 0.0991. The Balaban J connectivity index is 2.31. The number of carbonyl (C=O) groups is 1. The van der Waals surface area contributed by atoms with Gasteiger partial charge in [0.15, 0.2) is 5.76 Å². The summed E-state index contributed by atoms with van der Waals surface area (Å²) in [6, 6.07) is 8.27. The Kier molecular flexibility index (Phi) is 4.68. The van der Waals surface area contributed by atoms with E-state index in [1.807, 2.05) is 32.0 Å². The van der Waals surface area contributed by atoms with E-state index in [-0.39, 0.29) is 5.76 Å². The monoisotopic (exact) mass is 322 g/mol. The van der Waals surface area contributed by atoms with E-state index < -0.39 is 21.0 Å². The summed E-state index contributed by atoms with van der Waals surface area (Å²) < 4.78 is 27.4. The molecule has 2 rings (SSSR count). The molecule has 0 atom stereocenters. The molecule has 0 saturated heterocycles. The lowest BCUT2D eigenvalue weighted by Gasteiger charge is -2.13. The number of anilines is 1. The SMILES string of the molecule is CCc1cccc(CC)c1NC(=O)c1ccc(S(N)(=O)=O)o1. The second-order valence-corrected chi connectivity index (χ2v) is 6.27. The highest BCUT2D eigenvalue weighted by Gasteiger charge is 2.19. The van der Waals surface area contributed by atoms with Crippen molar-refractivity contribution in [3.8, 4) is 0 Å². The highest BCUT2D eigenvalue weighted by molar-refractivity contribution is 7.89. The van der Waals surface area contributed by atoms with E-state index in [4.69, 9.17) is 9.56 Å². The van der Waals surface area contributed by atoms with Crippen LogP contribution < -0.4 is 10.5 Å². The summed E-state index contributed by atoms with van der Waals surface area (Å²) in [6.45, 7) is 3.99. The number of rotatable bonds is 5. The fourth-order valence-electron chi connectivity index (χ4n) is 2.17. The minimum absolute atomic E-state index is 0.100. The van der Waals surface area contributed by atoms with Crippen LogP contribution in [0.3, 0.4) is 0 Å². The normalized spacial score (nSPS) is 11.4. The van der Waals surface area contributed by atoms with Gasteiger partial charge < -0.3 is 9.73 Å². The molecule has 7 heteroatoms. The number of nitrogens with two attached hydrogens (primary N) is 1. The third-order valence-electron chi connectivity index (χ3n) is 3.32. The molecule has 0 bridgehead atoms. The number of benzene rings is 1. The van der Waals surface area contributed by atoms with Crippen molar-refractivity contribution < 1.29 is 17.6 Å². The van der Waals surface area contributed by atoms with Crippen LogP contribution in [0.4, 0.5) is 5.69 Å². The van der Waals surface area contributed by atoms with E-state index in [0.717, 1.165) is 35.7 Å². The predicted octanol–water partition coefficient (Wildman–Crippen LogP) is 2.30. The summed E-state index contributed by atoms with van der Waals surface area (Å²) in [5.41, 5.74) is 2.75. The molecule has 3 N–H and O–H groups in total. The maximum absolute atomic E-state index is 12.3. The lowest BCUT2D eigenvalue weighted by atomic mass is 10.0. The van der Waals surface area contributed by atoms with Crippen LogP contribution in [-0.4, -0.2) is 14.3 Å². The first kappa shape index (κ1) is 16.3. The molecule has 6 nitrogen and oxygen atoms in total. The molecule has 0 unspecified atom stereocenters. The smallest absolute Gasteiger partial charge is 0.291 e. The van der Waals surface area contributed by atoms with Gasteiger partial charge in [-0.05, 0) is 36.1 Å². The van der Waals surface area contributed by atoms with E-state index in [2.05, 4.69) is 5.32 Å². The number of primary sulfonamides is 1. The average Bonchev–Trinajstić information content (AvgIpc) is 2.97. The standard InChI is InChI=1S/C15H18N2O4S/c1-3-10-6-5-7-11(4-2)14(10)17-15(18)12-8-9-13(21-12)22(16,19)20/h5-9H,3-4H2,1-2H3,(H,17,18)(H2,16,19,20). The van der Waals surface area contributed by atoms with Crippen LogP contribution in [0.2, 0.25) is 0 Å². The number of carbonyl (C=O) groups excluding carboxylic acids is 1. The molecule has 0 saturated carbocycles. The summed E-state index contributed by atoms with van der Waals surface area (Å²) in [5, 5.41) is 7.32. The zero-order chi connectivity index (χ0) is 16.3. The van der Waals surface area contributed by atoms with Crippen molar-refractivity contribution in [2.24, 2.45) is 5.14 Å². The van der Waals surface area contributed by atoms with Gasteiger partial charge in [-0.3, -0.25) is 4.79 Å². The van der Waals surface area contributed by atoms with Gasteiger partial charge in [-0.2, -0.15) is 0 Å². The van der Waals surface area contributed by atoms with E-state index in [1.54, 1.807) is 0 Å². The molecule has 1 heterocycles. The minimum Gasteiger partial charge on any atom is -0.438 e. The second-order valence-electron chi connectivity index (χ2n) is 4.78. The Labute approximate surface area is 129 Å². The summed E-state index contributed by atoms with van der Waals surface area (Å²) >= 11 is 0. The third kappa shape index (κ3) is 3.37. The second kappa shape index (κ2) is 6.33. The number of amides is 1. The van der Waals surface area contributed by atoms with Crippen molar-refractivity contribution in [1.29, 1.82) is 0 Å². The first-order chi connectivity index (χ1) is 10.4. The molecule has 0 aliphatic carbocycles. The van der Waals surface area contributed by atoms with Crippen LogP contribution in [0.5, 0.6) is 0 Å². The zero-order valence-corrected chi connectivity index (χ0v) is 13.2. The summed E-state index contributed by atoms with van der Waals surface area (Å²) in [7, 11) is -3.96. The van der Waals surface area contributed by atoms with Crippen molar-refractivity contribution in [3.63, 3.8) is 0 Å². The molecule has 22 heavy (non-hydrogen) atoms. The van der Waals surface area contributed by atoms with Gasteiger partial charge in [0.1, 0.15) is 0 Å². The van der Waals surface area contributed by atoms with E-state index >= 15 is 0 Å². The van der Waals surface area contributed by atoms with Gasteiger partial charge >= 0.3 is 0 Å². The van der Waals surface area contributed by atoms with Crippen LogP contribution >= 0.6 is 0 Å². The van der Waals surface area contributed by atoms with Gasteiger partial charge in [-0.25, -0.2) is 13.6 Å². The average molecular weight is 322 g/mol. The van der Waals surface area contributed by atoms with Crippen LogP contribution in [0.25, 0.3) is 0 Å².